The van der Waals surface area contributed by atoms with Crippen molar-refractivity contribution in [3.63, 3.8) is 0 Å². The van der Waals surface area contributed by atoms with E-state index in [2.05, 4.69) is 60.6 Å². The lowest BCUT2D eigenvalue weighted by Crippen LogP contribution is -2.35. The number of hydrogen-bond acceptors (Lipinski definition) is 5. The lowest BCUT2D eigenvalue weighted by molar-refractivity contribution is -0.376. The van der Waals surface area contributed by atoms with Crippen LogP contribution in [-0.2, 0) is 35.8 Å². The Morgan fingerprint density at radius 1 is 0.912 bits per heavy atom. The molecule has 0 amide bonds. The molecule has 0 N–H and O–H groups in total. The third-order valence-electron chi connectivity index (χ3n) is 6.43. The molecule has 0 radical (unpaired) electrons. The van der Waals surface area contributed by atoms with Crippen LogP contribution in [0.5, 0.6) is 5.75 Å². The van der Waals surface area contributed by atoms with Crippen LogP contribution < -0.4 is 4.74 Å². The molecule has 0 aliphatic heterocycles. The number of hydrogen-bond donors (Lipinski definition) is 0. The molecule has 3 rings (SSSR count). The second-order valence-corrected chi connectivity index (χ2v) is 11.4. The van der Waals surface area contributed by atoms with Crippen molar-refractivity contribution in [1.29, 1.82) is 0 Å². The van der Waals surface area contributed by atoms with Gasteiger partial charge in [0.05, 0.1) is 12.5 Å². The van der Waals surface area contributed by atoms with Gasteiger partial charge in [0, 0.05) is 30.9 Å². The van der Waals surface area contributed by atoms with E-state index in [9.17, 15) is 4.79 Å². The van der Waals surface area contributed by atoms with Gasteiger partial charge in [-0.1, -0.05) is 89.6 Å². The van der Waals surface area contributed by atoms with Gasteiger partial charge in [-0.2, -0.15) is 0 Å². The van der Waals surface area contributed by atoms with Crippen LogP contribution in [0.3, 0.4) is 0 Å². The SMILES string of the molecule is COC(OC)(OCC1CC1C(=O)Oc1c(C(C)(C)C)cc(C)cc1C(C)(C)C)c1ccccc1. The minimum Gasteiger partial charge on any atom is -0.426 e. The molecule has 5 heteroatoms. The highest BCUT2D eigenvalue weighted by Crippen LogP contribution is 2.45. The molecule has 1 aliphatic rings. The monoisotopic (exact) mass is 468 g/mol. The average molecular weight is 469 g/mol. The van der Waals surface area contributed by atoms with Crippen LogP contribution in [0.15, 0.2) is 42.5 Å². The second kappa shape index (κ2) is 9.80. The van der Waals surface area contributed by atoms with Gasteiger partial charge in [0.2, 0.25) is 0 Å². The molecule has 0 spiro atoms. The number of carbonyl (C=O) groups excluding carboxylic acids is 1. The van der Waals surface area contributed by atoms with E-state index >= 15 is 0 Å². The molecule has 1 saturated carbocycles. The minimum absolute atomic E-state index is 0.0579. The second-order valence-electron chi connectivity index (χ2n) is 11.4. The van der Waals surface area contributed by atoms with E-state index < -0.39 is 5.97 Å². The lowest BCUT2D eigenvalue weighted by Gasteiger charge is -2.31. The molecule has 0 bridgehead atoms. The standard InChI is InChI=1S/C29H40O5/c1-19-15-23(27(2,3)4)25(24(16-19)28(5,6)7)34-26(30)22-17-20(22)18-33-29(31-8,32-9)21-13-11-10-12-14-21/h10-16,20,22H,17-18H2,1-9H3. The van der Waals surface area contributed by atoms with Crippen molar-refractivity contribution in [1.82, 2.24) is 0 Å². The maximum absolute atomic E-state index is 13.2. The predicted molar refractivity (Wildman–Crippen MR) is 134 cm³/mol. The number of carbonyl (C=O) groups is 1. The van der Waals surface area contributed by atoms with Gasteiger partial charge in [0.25, 0.3) is 0 Å². The van der Waals surface area contributed by atoms with Gasteiger partial charge in [-0.05, 0) is 30.1 Å². The van der Waals surface area contributed by atoms with Crippen molar-refractivity contribution in [3.8, 4) is 5.75 Å². The molecular weight excluding hydrogens is 428 g/mol. The van der Waals surface area contributed by atoms with Gasteiger partial charge in [0.15, 0.2) is 0 Å². The molecule has 0 aromatic heterocycles. The predicted octanol–water partition coefficient (Wildman–Crippen LogP) is 6.25. The van der Waals surface area contributed by atoms with Crippen LogP contribution in [0, 0.1) is 18.8 Å². The van der Waals surface area contributed by atoms with E-state index in [4.69, 9.17) is 18.9 Å². The summed E-state index contributed by atoms with van der Waals surface area (Å²) in [5, 5.41) is 0. The van der Waals surface area contributed by atoms with Crippen molar-refractivity contribution >= 4 is 5.97 Å². The summed E-state index contributed by atoms with van der Waals surface area (Å²) in [5.41, 5.74) is 3.75. The Balaban J connectivity index is 1.76. The molecule has 2 aromatic carbocycles. The fourth-order valence-electron chi connectivity index (χ4n) is 4.27. The van der Waals surface area contributed by atoms with Crippen molar-refractivity contribution in [2.75, 3.05) is 20.8 Å². The fourth-order valence-corrected chi connectivity index (χ4v) is 4.27. The van der Waals surface area contributed by atoms with E-state index in [0.717, 1.165) is 23.1 Å². The third-order valence-corrected chi connectivity index (χ3v) is 6.43. The van der Waals surface area contributed by atoms with Gasteiger partial charge in [0.1, 0.15) is 5.75 Å². The number of benzene rings is 2. The summed E-state index contributed by atoms with van der Waals surface area (Å²) >= 11 is 0. The zero-order chi connectivity index (χ0) is 25.3. The first-order chi connectivity index (χ1) is 15.8. The molecule has 186 valence electrons. The Morgan fingerprint density at radius 2 is 1.44 bits per heavy atom. The number of esters is 1. The number of methoxy groups -OCH3 is 2. The van der Waals surface area contributed by atoms with Crippen LogP contribution in [0.4, 0.5) is 0 Å². The van der Waals surface area contributed by atoms with Crippen molar-refractivity contribution in [2.45, 2.75) is 71.7 Å². The van der Waals surface area contributed by atoms with E-state index in [1.807, 2.05) is 30.3 Å². The van der Waals surface area contributed by atoms with Gasteiger partial charge in [-0.25, -0.2) is 0 Å². The molecular formula is C29H40O5. The Bertz CT molecular complexity index is 958. The topological polar surface area (TPSA) is 54.0 Å². The maximum Gasteiger partial charge on any atom is 0.314 e. The molecule has 5 nitrogen and oxygen atoms in total. The molecule has 1 aliphatic carbocycles. The van der Waals surface area contributed by atoms with Crippen molar-refractivity contribution < 1.29 is 23.7 Å². The van der Waals surface area contributed by atoms with Crippen LogP contribution in [0.25, 0.3) is 0 Å². The van der Waals surface area contributed by atoms with E-state index in [-0.39, 0.29) is 28.6 Å². The summed E-state index contributed by atoms with van der Waals surface area (Å²) in [6.45, 7) is 15.3. The Hall–Kier alpha value is -2.21. The van der Waals surface area contributed by atoms with Crippen LogP contribution in [-0.4, -0.2) is 26.8 Å². The minimum atomic E-state index is -1.30. The number of rotatable bonds is 8. The van der Waals surface area contributed by atoms with Crippen LogP contribution >= 0.6 is 0 Å². The molecule has 0 saturated heterocycles. The average Bonchev–Trinajstić information content (AvgIpc) is 3.55. The molecule has 2 atom stereocenters. The third kappa shape index (κ3) is 5.70. The highest BCUT2D eigenvalue weighted by atomic mass is 16.9. The summed E-state index contributed by atoms with van der Waals surface area (Å²) in [6, 6.07) is 13.8. The van der Waals surface area contributed by atoms with E-state index in [0.29, 0.717) is 12.4 Å². The first-order valence-corrected chi connectivity index (χ1v) is 12.0. The lowest BCUT2D eigenvalue weighted by atomic mass is 9.78. The summed E-state index contributed by atoms with van der Waals surface area (Å²) in [4.78, 5) is 13.2. The highest BCUT2D eigenvalue weighted by Gasteiger charge is 2.47. The van der Waals surface area contributed by atoms with E-state index in [1.165, 1.54) is 5.56 Å². The summed E-state index contributed by atoms with van der Waals surface area (Å²) in [7, 11) is 3.10. The molecule has 2 unspecified atom stereocenters. The number of ether oxygens (including phenoxy) is 4. The first-order valence-electron chi connectivity index (χ1n) is 12.0. The summed E-state index contributed by atoms with van der Waals surface area (Å²) < 4.78 is 23.4. The zero-order valence-electron chi connectivity index (χ0n) is 22.2. The zero-order valence-corrected chi connectivity index (χ0v) is 22.2. The quantitative estimate of drug-likeness (QED) is 0.260. The smallest absolute Gasteiger partial charge is 0.314 e. The van der Waals surface area contributed by atoms with Crippen LogP contribution in [0.2, 0.25) is 0 Å². The number of aryl methyl sites for hydroxylation is 1. The molecule has 34 heavy (non-hydrogen) atoms. The molecule has 0 heterocycles. The highest BCUT2D eigenvalue weighted by molar-refractivity contribution is 5.79. The van der Waals surface area contributed by atoms with Crippen molar-refractivity contribution in [3.05, 3.63) is 64.7 Å². The Kier molecular flexibility index (Phi) is 7.61. The Morgan fingerprint density at radius 3 is 1.91 bits per heavy atom. The van der Waals surface area contributed by atoms with Gasteiger partial charge < -0.3 is 18.9 Å². The molecule has 2 aromatic rings. The maximum atomic E-state index is 13.2. The normalized spacial score (nSPS) is 18.6. The van der Waals surface area contributed by atoms with Crippen LogP contribution in [0.1, 0.15) is 70.2 Å². The summed E-state index contributed by atoms with van der Waals surface area (Å²) in [5.74, 6) is -0.941. The Labute approximate surface area is 204 Å². The van der Waals surface area contributed by atoms with Gasteiger partial charge >= 0.3 is 11.9 Å². The summed E-state index contributed by atoms with van der Waals surface area (Å²) in [6.07, 6.45) is 0.721. The molecule has 1 fully saturated rings. The largest absolute Gasteiger partial charge is 0.426 e. The fraction of sp³-hybridized carbons (Fsp3) is 0.552. The first kappa shape index (κ1) is 26.4. The van der Waals surface area contributed by atoms with Crippen molar-refractivity contribution in [2.24, 2.45) is 11.8 Å². The van der Waals surface area contributed by atoms with Gasteiger partial charge in [-0.3, -0.25) is 4.79 Å². The van der Waals surface area contributed by atoms with E-state index in [1.54, 1.807) is 14.2 Å². The van der Waals surface area contributed by atoms with Gasteiger partial charge in [-0.15, -0.1) is 0 Å².